The number of hydrogen-bond donors (Lipinski definition) is 1. The van der Waals surface area contributed by atoms with Crippen molar-refractivity contribution < 1.29 is 4.79 Å². The molecule has 1 N–H and O–H groups in total. The van der Waals surface area contributed by atoms with Gasteiger partial charge >= 0.3 is 0 Å². The van der Waals surface area contributed by atoms with Gasteiger partial charge in [-0.2, -0.15) is 0 Å². The normalized spacial score (nSPS) is 12.1. The zero-order chi connectivity index (χ0) is 17.1. The number of fused-ring (bicyclic) bond motifs is 1. The van der Waals surface area contributed by atoms with E-state index in [0.717, 1.165) is 11.8 Å². The fraction of sp³-hybridized carbons (Fsp3) is 0.158. The number of rotatable bonds is 4. The van der Waals surface area contributed by atoms with Gasteiger partial charge in [0.2, 0.25) is 0 Å². The van der Waals surface area contributed by atoms with Crippen LogP contribution in [-0.2, 0) is 6.42 Å². The number of halogens is 2. The lowest BCUT2D eigenvalue weighted by molar-refractivity contribution is 0.0940. The molecule has 0 aliphatic carbocycles. The Labute approximate surface area is 150 Å². The van der Waals surface area contributed by atoms with Gasteiger partial charge in [0.15, 0.2) is 0 Å². The number of nitrogens with zero attached hydrogens (tertiary/aromatic N) is 1. The zero-order valence-electron chi connectivity index (χ0n) is 13.1. The van der Waals surface area contributed by atoms with Gasteiger partial charge in [0, 0.05) is 28.6 Å². The molecule has 0 aliphatic rings. The molecule has 1 heterocycles. The quantitative estimate of drug-likeness (QED) is 0.673. The van der Waals surface area contributed by atoms with Gasteiger partial charge in [-0.3, -0.25) is 4.79 Å². The van der Waals surface area contributed by atoms with Crippen molar-refractivity contribution in [2.45, 2.75) is 19.4 Å². The van der Waals surface area contributed by atoms with Gasteiger partial charge in [-0.15, -0.1) is 0 Å². The van der Waals surface area contributed by atoms with Crippen LogP contribution < -0.4 is 5.32 Å². The molecule has 3 nitrogen and oxygen atoms in total. The van der Waals surface area contributed by atoms with E-state index >= 15 is 0 Å². The summed E-state index contributed by atoms with van der Waals surface area (Å²) in [5.74, 6) is -0.142. The van der Waals surface area contributed by atoms with Crippen LogP contribution in [0.5, 0.6) is 0 Å². The van der Waals surface area contributed by atoms with Crippen LogP contribution in [0.25, 0.3) is 10.8 Å². The Hall–Kier alpha value is -2.10. The van der Waals surface area contributed by atoms with E-state index in [1.165, 1.54) is 11.8 Å². The molecule has 3 aromatic rings. The molecule has 122 valence electrons. The third kappa shape index (κ3) is 3.69. The SMILES string of the molecule is CC(Cc1ccccc1)NC(=O)c1ccc2c(Cl)cnc(Cl)c2c1. The second-order valence-corrected chi connectivity index (χ2v) is 6.49. The number of hydrogen-bond acceptors (Lipinski definition) is 2. The minimum absolute atomic E-state index is 0.0172. The average Bonchev–Trinajstić information content (AvgIpc) is 2.58. The second-order valence-electron chi connectivity index (χ2n) is 5.72. The maximum absolute atomic E-state index is 12.5. The lowest BCUT2D eigenvalue weighted by Crippen LogP contribution is -2.34. The minimum atomic E-state index is -0.142. The van der Waals surface area contributed by atoms with Crippen LogP contribution in [0.15, 0.2) is 54.7 Å². The number of aromatic nitrogens is 1. The molecule has 3 rings (SSSR count). The van der Waals surface area contributed by atoms with Gasteiger partial charge in [0.1, 0.15) is 5.15 Å². The Morgan fingerprint density at radius 2 is 1.88 bits per heavy atom. The van der Waals surface area contributed by atoms with E-state index < -0.39 is 0 Å². The second kappa shape index (κ2) is 7.20. The van der Waals surface area contributed by atoms with Gasteiger partial charge in [-0.05, 0) is 31.0 Å². The fourth-order valence-electron chi connectivity index (χ4n) is 2.64. The smallest absolute Gasteiger partial charge is 0.251 e. The summed E-state index contributed by atoms with van der Waals surface area (Å²) < 4.78 is 0. The molecule has 1 aromatic heterocycles. The van der Waals surface area contributed by atoms with Gasteiger partial charge < -0.3 is 5.32 Å². The number of pyridine rings is 1. The number of carbonyl (C=O) groups is 1. The Morgan fingerprint density at radius 1 is 1.12 bits per heavy atom. The summed E-state index contributed by atoms with van der Waals surface area (Å²) in [7, 11) is 0. The lowest BCUT2D eigenvalue weighted by atomic mass is 10.1. The molecule has 0 bridgehead atoms. The van der Waals surface area contributed by atoms with Crippen LogP contribution in [0.1, 0.15) is 22.8 Å². The predicted octanol–water partition coefficient (Wildman–Crippen LogP) is 4.90. The van der Waals surface area contributed by atoms with E-state index in [4.69, 9.17) is 23.2 Å². The zero-order valence-corrected chi connectivity index (χ0v) is 14.6. The van der Waals surface area contributed by atoms with E-state index in [2.05, 4.69) is 10.3 Å². The molecule has 0 aliphatic heterocycles. The lowest BCUT2D eigenvalue weighted by Gasteiger charge is -2.14. The first kappa shape index (κ1) is 16.7. The molecular weight excluding hydrogens is 343 g/mol. The number of amides is 1. The molecule has 2 aromatic carbocycles. The van der Waals surface area contributed by atoms with Crippen molar-refractivity contribution in [2.24, 2.45) is 0 Å². The molecule has 0 fully saturated rings. The topological polar surface area (TPSA) is 42.0 Å². The van der Waals surface area contributed by atoms with E-state index in [9.17, 15) is 4.79 Å². The predicted molar refractivity (Wildman–Crippen MR) is 98.8 cm³/mol. The third-order valence-corrected chi connectivity index (χ3v) is 4.42. The molecule has 1 amide bonds. The number of benzene rings is 2. The highest BCUT2D eigenvalue weighted by Crippen LogP contribution is 2.28. The van der Waals surface area contributed by atoms with Crippen molar-refractivity contribution >= 4 is 39.9 Å². The first-order valence-corrected chi connectivity index (χ1v) is 8.39. The van der Waals surface area contributed by atoms with Gasteiger partial charge in [-0.1, -0.05) is 59.6 Å². The van der Waals surface area contributed by atoms with E-state index in [1.54, 1.807) is 18.2 Å². The Morgan fingerprint density at radius 3 is 2.62 bits per heavy atom. The molecule has 0 spiro atoms. The minimum Gasteiger partial charge on any atom is -0.349 e. The summed E-state index contributed by atoms with van der Waals surface area (Å²) in [4.78, 5) is 16.5. The highest BCUT2D eigenvalue weighted by atomic mass is 35.5. The van der Waals surface area contributed by atoms with Crippen LogP contribution in [-0.4, -0.2) is 16.9 Å². The molecule has 1 unspecified atom stereocenters. The van der Waals surface area contributed by atoms with Crippen molar-refractivity contribution in [1.82, 2.24) is 10.3 Å². The Bertz CT molecular complexity index is 881. The van der Waals surface area contributed by atoms with Crippen LogP contribution >= 0.6 is 23.2 Å². The van der Waals surface area contributed by atoms with E-state index in [0.29, 0.717) is 21.1 Å². The van der Waals surface area contributed by atoms with E-state index in [-0.39, 0.29) is 11.9 Å². The average molecular weight is 359 g/mol. The monoisotopic (exact) mass is 358 g/mol. The molecular formula is C19H16Cl2N2O. The standard InChI is InChI=1S/C19H16Cl2N2O/c1-12(9-13-5-3-2-4-6-13)23-19(24)14-7-8-15-16(10-14)18(21)22-11-17(15)20/h2-8,10-12H,9H2,1H3,(H,23,24). The summed E-state index contributed by atoms with van der Waals surface area (Å²) in [6.45, 7) is 1.98. The van der Waals surface area contributed by atoms with Crippen molar-refractivity contribution in [3.63, 3.8) is 0 Å². The molecule has 5 heteroatoms. The summed E-state index contributed by atoms with van der Waals surface area (Å²) in [5.41, 5.74) is 1.72. The largest absolute Gasteiger partial charge is 0.349 e. The molecule has 0 saturated heterocycles. The first-order valence-electron chi connectivity index (χ1n) is 7.63. The first-order chi connectivity index (χ1) is 11.5. The summed E-state index contributed by atoms with van der Waals surface area (Å²) in [5, 5.41) is 5.31. The highest BCUT2D eigenvalue weighted by molar-refractivity contribution is 6.39. The van der Waals surface area contributed by atoms with Gasteiger partial charge in [0.05, 0.1) is 5.02 Å². The molecule has 24 heavy (non-hydrogen) atoms. The fourth-order valence-corrected chi connectivity index (χ4v) is 3.06. The molecule has 0 saturated carbocycles. The van der Waals surface area contributed by atoms with Crippen molar-refractivity contribution in [3.8, 4) is 0 Å². The third-order valence-electron chi connectivity index (χ3n) is 3.81. The molecule has 0 radical (unpaired) electrons. The van der Waals surface area contributed by atoms with Crippen molar-refractivity contribution in [2.75, 3.05) is 0 Å². The maximum atomic E-state index is 12.5. The van der Waals surface area contributed by atoms with Crippen LogP contribution in [0.2, 0.25) is 10.2 Å². The highest BCUT2D eigenvalue weighted by Gasteiger charge is 2.13. The van der Waals surface area contributed by atoms with Crippen LogP contribution in [0, 0.1) is 0 Å². The van der Waals surface area contributed by atoms with Crippen molar-refractivity contribution in [1.29, 1.82) is 0 Å². The van der Waals surface area contributed by atoms with Crippen molar-refractivity contribution in [3.05, 3.63) is 76.0 Å². The summed E-state index contributed by atoms with van der Waals surface area (Å²) in [6.07, 6.45) is 2.28. The number of carbonyl (C=O) groups excluding carboxylic acids is 1. The maximum Gasteiger partial charge on any atom is 0.251 e. The van der Waals surface area contributed by atoms with Crippen LogP contribution in [0.4, 0.5) is 0 Å². The summed E-state index contributed by atoms with van der Waals surface area (Å²) in [6, 6.07) is 15.3. The summed E-state index contributed by atoms with van der Waals surface area (Å²) >= 11 is 12.2. The van der Waals surface area contributed by atoms with E-state index in [1.807, 2.05) is 37.3 Å². The Kier molecular flexibility index (Phi) is 5.03. The van der Waals surface area contributed by atoms with Crippen LogP contribution in [0.3, 0.4) is 0 Å². The van der Waals surface area contributed by atoms with Gasteiger partial charge in [0.25, 0.3) is 5.91 Å². The molecule has 1 atom stereocenters. The Balaban J connectivity index is 1.77. The van der Waals surface area contributed by atoms with Gasteiger partial charge in [-0.25, -0.2) is 4.98 Å². The number of nitrogens with one attached hydrogen (secondary N) is 1.